The molecule has 0 radical (unpaired) electrons. The zero-order chi connectivity index (χ0) is 18.7. The molecule has 1 aliphatic rings. The Morgan fingerprint density at radius 2 is 1.85 bits per heavy atom. The highest BCUT2D eigenvalue weighted by Gasteiger charge is 2.21. The summed E-state index contributed by atoms with van der Waals surface area (Å²) in [6.45, 7) is 3.83. The third-order valence-corrected chi connectivity index (χ3v) is 5.22. The van der Waals surface area contributed by atoms with E-state index in [1.54, 1.807) is 6.07 Å². The number of hydrogen-bond acceptors (Lipinski definition) is 6. The maximum atomic E-state index is 11.2. The lowest BCUT2D eigenvalue weighted by Crippen LogP contribution is -2.44. The quantitative estimate of drug-likeness (QED) is 0.757. The van der Waals surface area contributed by atoms with Gasteiger partial charge in [-0.2, -0.15) is 0 Å². The number of nitrogens with zero attached hydrogens (tertiary/aromatic N) is 2. The summed E-state index contributed by atoms with van der Waals surface area (Å²) in [5, 5.41) is 2.82. The van der Waals surface area contributed by atoms with Crippen LogP contribution in [0.2, 0.25) is 0 Å². The van der Waals surface area contributed by atoms with Crippen LogP contribution in [0.5, 0.6) is 5.75 Å². The van der Waals surface area contributed by atoms with Crippen molar-refractivity contribution >= 4 is 34.1 Å². The Morgan fingerprint density at radius 1 is 1.15 bits per heavy atom. The van der Waals surface area contributed by atoms with Gasteiger partial charge < -0.3 is 26.0 Å². The minimum Gasteiger partial charge on any atom is -0.407 e. The number of carbonyl (C=O) groups is 2. The van der Waals surface area contributed by atoms with Gasteiger partial charge in [0.25, 0.3) is 0 Å². The topological polar surface area (TPSA) is 114 Å². The normalized spacial score (nSPS) is 14.9. The molecule has 1 saturated heterocycles. The van der Waals surface area contributed by atoms with Gasteiger partial charge in [-0.05, 0) is 13.1 Å². The lowest BCUT2D eigenvalue weighted by atomic mass is 10.1. The lowest BCUT2D eigenvalue weighted by molar-refractivity contribution is 0.211. The van der Waals surface area contributed by atoms with Gasteiger partial charge in [0, 0.05) is 48.4 Å². The SMILES string of the molecule is CN1CCN(c2ccccc2-c2cc(OC(N)=O)c(NC(N)=O)s2)CC1. The number of piperazine rings is 1. The number of nitrogens with one attached hydrogen (secondary N) is 1. The maximum absolute atomic E-state index is 11.2. The molecule has 0 bridgehead atoms. The van der Waals surface area contributed by atoms with E-state index in [4.69, 9.17) is 16.2 Å². The van der Waals surface area contributed by atoms with Crippen molar-refractivity contribution in [2.45, 2.75) is 0 Å². The molecule has 26 heavy (non-hydrogen) atoms. The van der Waals surface area contributed by atoms with Crippen molar-refractivity contribution in [3.05, 3.63) is 30.3 Å². The molecule has 0 atom stereocenters. The average molecular weight is 375 g/mol. The van der Waals surface area contributed by atoms with Crippen LogP contribution in [0.3, 0.4) is 0 Å². The van der Waals surface area contributed by atoms with E-state index in [0.29, 0.717) is 5.00 Å². The molecule has 1 aromatic heterocycles. The standard InChI is InChI=1S/C17H21N5O3S/c1-21-6-8-22(9-7-21)12-5-3-2-4-11(12)14-10-13(25-17(19)24)15(26-14)20-16(18)23/h2-5,10H,6-9H2,1H3,(H2,19,24)(H3,18,20,23). The highest BCUT2D eigenvalue weighted by Crippen LogP contribution is 2.43. The number of hydrogen-bond donors (Lipinski definition) is 3. The molecular weight excluding hydrogens is 354 g/mol. The van der Waals surface area contributed by atoms with Crippen LogP contribution in [0.1, 0.15) is 0 Å². The van der Waals surface area contributed by atoms with Gasteiger partial charge in [0.2, 0.25) is 0 Å². The molecule has 5 N–H and O–H groups in total. The number of carbonyl (C=O) groups excluding carboxylic acids is 2. The van der Waals surface area contributed by atoms with Crippen LogP contribution in [-0.4, -0.2) is 50.3 Å². The van der Waals surface area contributed by atoms with Crippen LogP contribution in [0.25, 0.3) is 10.4 Å². The Bertz CT molecular complexity index is 781. The van der Waals surface area contributed by atoms with E-state index >= 15 is 0 Å². The lowest BCUT2D eigenvalue weighted by Gasteiger charge is -2.35. The van der Waals surface area contributed by atoms with Crippen LogP contribution in [0.4, 0.5) is 20.3 Å². The molecule has 0 aliphatic carbocycles. The number of amides is 3. The molecule has 0 spiro atoms. The Balaban J connectivity index is 1.97. The number of rotatable bonds is 4. The van der Waals surface area contributed by atoms with Crippen molar-refractivity contribution in [3.8, 4) is 16.2 Å². The van der Waals surface area contributed by atoms with Crippen molar-refractivity contribution in [2.24, 2.45) is 11.5 Å². The summed E-state index contributed by atoms with van der Waals surface area (Å²) in [6.07, 6.45) is -0.950. The molecule has 2 heterocycles. The van der Waals surface area contributed by atoms with E-state index in [0.717, 1.165) is 42.3 Å². The molecule has 1 aromatic carbocycles. The van der Waals surface area contributed by atoms with Crippen LogP contribution in [0, 0.1) is 0 Å². The summed E-state index contributed by atoms with van der Waals surface area (Å²) in [7, 11) is 2.11. The number of primary amides is 2. The van der Waals surface area contributed by atoms with E-state index in [1.165, 1.54) is 11.3 Å². The van der Waals surface area contributed by atoms with E-state index in [1.807, 2.05) is 18.2 Å². The molecule has 3 amide bonds. The molecule has 3 rings (SSSR count). The zero-order valence-corrected chi connectivity index (χ0v) is 15.2. The molecule has 2 aromatic rings. The molecule has 0 unspecified atom stereocenters. The van der Waals surface area contributed by atoms with Crippen LogP contribution in [0.15, 0.2) is 30.3 Å². The van der Waals surface area contributed by atoms with E-state index in [-0.39, 0.29) is 5.75 Å². The Hall–Kier alpha value is -2.78. The minimum atomic E-state index is -0.950. The van der Waals surface area contributed by atoms with Gasteiger partial charge in [-0.15, -0.1) is 11.3 Å². The van der Waals surface area contributed by atoms with Crippen LogP contribution in [-0.2, 0) is 0 Å². The summed E-state index contributed by atoms with van der Waals surface area (Å²) in [5.41, 5.74) is 12.4. The molecule has 1 fully saturated rings. The van der Waals surface area contributed by atoms with Gasteiger partial charge in [0.15, 0.2) is 5.75 Å². The predicted octanol–water partition coefficient (Wildman–Crippen LogP) is 2.12. The monoisotopic (exact) mass is 375 g/mol. The summed E-state index contributed by atoms with van der Waals surface area (Å²) in [4.78, 5) is 27.8. The van der Waals surface area contributed by atoms with Gasteiger partial charge in [-0.3, -0.25) is 5.32 Å². The minimum absolute atomic E-state index is 0.185. The second kappa shape index (κ2) is 7.63. The first-order chi connectivity index (χ1) is 12.4. The van der Waals surface area contributed by atoms with Gasteiger partial charge >= 0.3 is 12.1 Å². The second-order valence-corrected chi connectivity index (χ2v) is 7.07. The molecule has 8 nitrogen and oxygen atoms in total. The molecule has 1 aliphatic heterocycles. The number of benzene rings is 1. The van der Waals surface area contributed by atoms with E-state index in [2.05, 4.69) is 28.2 Å². The largest absolute Gasteiger partial charge is 0.410 e. The number of likely N-dealkylation sites (N-methyl/N-ethyl adjacent to an activating group) is 1. The third kappa shape index (κ3) is 4.06. The summed E-state index contributed by atoms with van der Waals surface area (Å²) < 4.78 is 5.01. The highest BCUT2D eigenvalue weighted by atomic mass is 32.1. The van der Waals surface area contributed by atoms with Gasteiger partial charge in [0.1, 0.15) is 5.00 Å². The van der Waals surface area contributed by atoms with Gasteiger partial charge in [-0.1, -0.05) is 18.2 Å². The van der Waals surface area contributed by atoms with Crippen molar-refractivity contribution in [1.29, 1.82) is 0 Å². The Kier molecular flexibility index (Phi) is 5.29. The van der Waals surface area contributed by atoms with E-state index < -0.39 is 12.1 Å². The fraction of sp³-hybridized carbons (Fsp3) is 0.294. The van der Waals surface area contributed by atoms with E-state index in [9.17, 15) is 9.59 Å². The predicted molar refractivity (Wildman–Crippen MR) is 103 cm³/mol. The van der Waals surface area contributed by atoms with Crippen molar-refractivity contribution < 1.29 is 14.3 Å². The van der Waals surface area contributed by atoms with Crippen molar-refractivity contribution in [1.82, 2.24) is 4.90 Å². The highest BCUT2D eigenvalue weighted by molar-refractivity contribution is 7.20. The number of ether oxygens (including phenoxy) is 1. The third-order valence-electron chi connectivity index (χ3n) is 4.16. The number of nitrogens with two attached hydrogens (primary N) is 2. The zero-order valence-electron chi connectivity index (χ0n) is 14.4. The molecular formula is C17H21N5O3S. The van der Waals surface area contributed by atoms with Gasteiger partial charge in [0.05, 0.1) is 0 Å². The average Bonchev–Trinajstić information content (AvgIpc) is 2.96. The fourth-order valence-corrected chi connectivity index (χ4v) is 3.92. The number of anilines is 2. The summed E-state index contributed by atoms with van der Waals surface area (Å²) >= 11 is 1.28. The fourth-order valence-electron chi connectivity index (χ4n) is 2.90. The Morgan fingerprint density at radius 3 is 2.50 bits per heavy atom. The molecule has 0 saturated carbocycles. The molecule has 138 valence electrons. The summed E-state index contributed by atoms with van der Waals surface area (Å²) in [5.74, 6) is 0.185. The number of urea groups is 1. The smallest absolute Gasteiger partial charge is 0.407 e. The van der Waals surface area contributed by atoms with Crippen molar-refractivity contribution in [2.75, 3.05) is 43.4 Å². The van der Waals surface area contributed by atoms with Crippen LogP contribution < -0.4 is 26.4 Å². The number of thiophene rings is 1. The second-order valence-electron chi connectivity index (χ2n) is 6.02. The summed E-state index contributed by atoms with van der Waals surface area (Å²) in [6, 6.07) is 8.96. The van der Waals surface area contributed by atoms with Crippen LogP contribution >= 0.6 is 11.3 Å². The first kappa shape index (κ1) is 18.0. The first-order valence-electron chi connectivity index (χ1n) is 8.14. The van der Waals surface area contributed by atoms with Crippen molar-refractivity contribution in [3.63, 3.8) is 0 Å². The first-order valence-corrected chi connectivity index (χ1v) is 8.96. The Labute approximate surface area is 155 Å². The maximum Gasteiger partial charge on any atom is 0.410 e. The molecule has 9 heteroatoms. The number of para-hydroxylation sites is 1. The van der Waals surface area contributed by atoms with Gasteiger partial charge in [-0.25, -0.2) is 9.59 Å².